The lowest BCUT2D eigenvalue weighted by Gasteiger charge is -2.61. The van der Waals surface area contributed by atoms with E-state index in [1.807, 2.05) is 18.3 Å². The van der Waals surface area contributed by atoms with Gasteiger partial charge in [-0.25, -0.2) is 0 Å². The number of phenols is 1. The lowest BCUT2D eigenvalue weighted by atomic mass is 9.45. The molecule has 0 aliphatic heterocycles. The third kappa shape index (κ3) is 2.46. The molecule has 3 aliphatic rings. The van der Waals surface area contributed by atoms with Crippen molar-refractivity contribution >= 4 is 18.6 Å². The first kappa shape index (κ1) is 15.4. The van der Waals surface area contributed by atoms with Crippen molar-refractivity contribution in [3.63, 3.8) is 0 Å². The second kappa shape index (κ2) is 5.40. The molecule has 0 unspecified atom stereocenters. The molecule has 3 fully saturated rings. The first-order valence-electron chi connectivity index (χ1n) is 7.30. The summed E-state index contributed by atoms with van der Waals surface area (Å²) >= 11 is 0. The zero-order chi connectivity index (χ0) is 13.6. The predicted molar refractivity (Wildman–Crippen MR) is 85.9 cm³/mol. The first-order chi connectivity index (χ1) is 8.98. The topological polar surface area (TPSA) is 32.6 Å². The zero-order valence-electron chi connectivity index (χ0n) is 12.4. The van der Waals surface area contributed by atoms with Gasteiger partial charge in [0, 0.05) is 6.21 Å². The van der Waals surface area contributed by atoms with Crippen molar-refractivity contribution in [3.8, 4) is 5.75 Å². The highest BCUT2D eigenvalue weighted by molar-refractivity contribution is 5.85. The number of halogens is 1. The van der Waals surface area contributed by atoms with Gasteiger partial charge >= 0.3 is 0 Å². The maximum Gasteiger partial charge on any atom is 0.115 e. The predicted octanol–water partition coefficient (Wildman–Crippen LogP) is 4.30. The highest BCUT2D eigenvalue weighted by Crippen LogP contribution is 2.61. The highest BCUT2D eigenvalue weighted by Gasteiger charge is 2.56. The van der Waals surface area contributed by atoms with Gasteiger partial charge in [0.25, 0.3) is 0 Å². The molecular formula is C17H24ClNO. The van der Waals surface area contributed by atoms with Gasteiger partial charge in [0.15, 0.2) is 0 Å². The molecule has 0 heterocycles. The van der Waals surface area contributed by atoms with Crippen LogP contribution in [0.2, 0.25) is 0 Å². The summed E-state index contributed by atoms with van der Waals surface area (Å²) in [5, 5.41) is 9.27. The van der Waals surface area contributed by atoms with Gasteiger partial charge in [-0.05, 0) is 65.8 Å². The molecule has 0 aromatic heterocycles. The van der Waals surface area contributed by atoms with Gasteiger partial charge in [0.2, 0.25) is 0 Å². The average molecular weight is 294 g/mol. The van der Waals surface area contributed by atoms with Crippen molar-refractivity contribution in [2.24, 2.45) is 28.2 Å². The van der Waals surface area contributed by atoms with Crippen LogP contribution < -0.4 is 0 Å². The van der Waals surface area contributed by atoms with Crippen molar-refractivity contribution < 1.29 is 5.11 Å². The van der Waals surface area contributed by atoms with Gasteiger partial charge in [-0.3, -0.25) is 4.99 Å². The summed E-state index contributed by atoms with van der Waals surface area (Å²) in [6.45, 7) is 7.20. The molecule has 3 saturated carbocycles. The number of aliphatic imine (C=N–C) groups is 1. The third-order valence-corrected chi connectivity index (χ3v) is 5.62. The molecule has 2 nitrogen and oxygen atoms in total. The van der Waals surface area contributed by atoms with E-state index in [2.05, 4.69) is 20.8 Å². The second-order valence-corrected chi connectivity index (χ2v) is 6.89. The fourth-order valence-corrected chi connectivity index (χ4v) is 4.06. The molecule has 2 bridgehead atoms. The van der Waals surface area contributed by atoms with Gasteiger partial charge in [-0.15, -0.1) is 12.4 Å². The summed E-state index contributed by atoms with van der Waals surface area (Å²) < 4.78 is 0. The van der Waals surface area contributed by atoms with E-state index in [0.717, 1.165) is 17.4 Å². The van der Waals surface area contributed by atoms with Crippen LogP contribution in [0.25, 0.3) is 0 Å². The molecule has 0 spiro atoms. The van der Waals surface area contributed by atoms with Crippen LogP contribution in [-0.2, 0) is 0 Å². The Morgan fingerprint density at radius 2 is 1.85 bits per heavy atom. The van der Waals surface area contributed by atoms with Crippen LogP contribution in [0.15, 0.2) is 29.3 Å². The van der Waals surface area contributed by atoms with Crippen molar-refractivity contribution in [2.45, 2.75) is 39.7 Å². The molecule has 1 N–H and O–H groups in total. The SMILES string of the molecule is C[C@@H]1[C@H]2C[C@@H](C[C@H]1N=Cc1ccc(O)cc1)C2(C)C.Cl. The monoisotopic (exact) mass is 293 g/mol. The maximum atomic E-state index is 9.27. The first-order valence-corrected chi connectivity index (χ1v) is 7.30. The second-order valence-electron chi connectivity index (χ2n) is 6.89. The third-order valence-electron chi connectivity index (χ3n) is 5.62. The van der Waals surface area contributed by atoms with E-state index in [9.17, 15) is 5.11 Å². The number of hydrogen-bond acceptors (Lipinski definition) is 2. The van der Waals surface area contributed by atoms with E-state index in [4.69, 9.17) is 4.99 Å². The Morgan fingerprint density at radius 1 is 1.20 bits per heavy atom. The van der Waals surface area contributed by atoms with Gasteiger partial charge < -0.3 is 5.11 Å². The minimum Gasteiger partial charge on any atom is -0.508 e. The van der Waals surface area contributed by atoms with Crippen LogP contribution in [0, 0.1) is 23.2 Å². The standard InChI is InChI=1S/C17H23NO.ClH/c1-11-15-8-13(17(15,2)3)9-16(11)18-10-12-4-6-14(19)7-5-12;/h4-7,10-11,13,15-16,19H,8-9H2,1-3H3;1H/t11-,13+,15-,16-;/m1./s1. The molecule has 110 valence electrons. The smallest absolute Gasteiger partial charge is 0.115 e. The molecule has 0 radical (unpaired) electrons. The fourth-order valence-electron chi connectivity index (χ4n) is 4.06. The lowest BCUT2D eigenvalue weighted by Crippen LogP contribution is -2.56. The summed E-state index contributed by atoms with van der Waals surface area (Å²) in [6, 6.07) is 7.73. The van der Waals surface area contributed by atoms with E-state index in [1.54, 1.807) is 12.1 Å². The Morgan fingerprint density at radius 3 is 2.40 bits per heavy atom. The van der Waals surface area contributed by atoms with Gasteiger partial charge in [-0.2, -0.15) is 0 Å². The molecule has 20 heavy (non-hydrogen) atoms. The normalized spacial score (nSPS) is 34.4. The number of rotatable bonds is 2. The molecule has 0 amide bonds. The van der Waals surface area contributed by atoms with E-state index in [1.165, 1.54) is 12.8 Å². The van der Waals surface area contributed by atoms with Crippen LogP contribution in [0.5, 0.6) is 5.75 Å². The zero-order valence-corrected chi connectivity index (χ0v) is 13.2. The Kier molecular flexibility index (Phi) is 4.15. The molecular weight excluding hydrogens is 270 g/mol. The number of hydrogen-bond donors (Lipinski definition) is 1. The summed E-state index contributed by atoms with van der Waals surface area (Å²) in [6.07, 6.45) is 4.61. The molecule has 1 aromatic rings. The van der Waals surface area contributed by atoms with Crippen LogP contribution in [-0.4, -0.2) is 17.4 Å². The average Bonchev–Trinajstić information content (AvgIpc) is 2.38. The van der Waals surface area contributed by atoms with Crippen molar-refractivity contribution in [2.75, 3.05) is 0 Å². The fraction of sp³-hybridized carbons (Fsp3) is 0.588. The largest absolute Gasteiger partial charge is 0.508 e. The quantitative estimate of drug-likeness (QED) is 0.810. The summed E-state index contributed by atoms with van der Waals surface area (Å²) in [5.41, 5.74) is 1.60. The minimum absolute atomic E-state index is 0. The number of nitrogens with zero attached hydrogens (tertiary/aromatic N) is 1. The van der Waals surface area contributed by atoms with E-state index < -0.39 is 0 Å². The summed E-state index contributed by atoms with van der Waals surface area (Å²) in [7, 11) is 0. The highest BCUT2D eigenvalue weighted by atomic mass is 35.5. The summed E-state index contributed by atoms with van der Waals surface area (Å²) in [4.78, 5) is 4.80. The van der Waals surface area contributed by atoms with E-state index in [-0.39, 0.29) is 12.4 Å². The van der Waals surface area contributed by atoms with Crippen molar-refractivity contribution in [3.05, 3.63) is 29.8 Å². The molecule has 3 heteroatoms. The van der Waals surface area contributed by atoms with Crippen LogP contribution in [0.4, 0.5) is 0 Å². The Labute approximate surface area is 127 Å². The van der Waals surface area contributed by atoms with Crippen molar-refractivity contribution in [1.29, 1.82) is 0 Å². The number of aromatic hydroxyl groups is 1. The van der Waals surface area contributed by atoms with E-state index in [0.29, 0.717) is 23.1 Å². The molecule has 4 rings (SSSR count). The van der Waals surface area contributed by atoms with Crippen molar-refractivity contribution in [1.82, 2.24) is 0 Å². The summed E-state index contributed by atoms with van der Waals surface area (Å²) in [5.74, 6) is 2.70. The van der Waals surface area contributed by atoms with Crippen LogP contribution >= 0.6 is 12.4 Å². The molecule has 0 saturated heterocycles. The minimum atomic E-state index is 0. The van der Waals surface area contributed by atoms with E-state index >= 15 is 0 Å². The number of phenolic OH excluding ortho intramolecular Hbond substituents is 1. The van der Waals surface area contributed by atoms with Gasteiger partial charge in [0.05, 0.1) is 6.04 Å². The Hall–Kier alpha value is -1.02. The molecule has 3 aliphatic carbocycles. The molecule has 4 atom stereocenters. The van der Waals surface area contributed by atoms with Crippen LogP contribution in [0.3, 0.4) is 0 Å². The maximum absolute atomic E-state index is 9.27. The lowest BCUT2D eigenvalue weighted by molar-refractivity contribution is -0.108. The number of fused-ring (bicyclic) bond motifs is 2. The van der Waals surface area contributed by atoms with Gasteiger partial charge in [0.1, 0.15) is 5.75 Å². The molecule has 1 aromatic carbocycles. The van der Waals surface area contributed by atoms with Crippen LogP contribution in [0.1, 0.15) is 39.2 Å². The van der Waals surface area contributed by atoms with Gasteiger partial charge in [-0.1, -0.05) is 20.8 Å². The number of benzene rings is 1. The Balaban J connectivity index is 0.00000147. The Bertz CT molecular complexity index is 494.